The van der Waals surface area contributed by atoms with Gasteiger partial charge in [-0.1, -0.05) is 12.1 Å². The van der Waals surface area contributed by atoms with Crippen molar-refractivity contribution in [3.05, 3.63) is 60.0 Å². The summed E-state index contributed by atoms with van der Waals surface area (Å²) in [5.74, 6) is -0.125. The highest BCUT2D eigenvalue weighted by atomic mass is 16.5. The fourth-order valence-corrected chi connectivity index (χ4v) is 5.43. The minimum absolute atomic E-state index is 0.0772. The van der Waals surface area contributed by atoms with Crippen LogP contribution in [0.2, 0.25) is 0 Å². The summed E-state index contributed by atoms with van der Waals surface area (Å²) in [6.45, 7) is 0.990. The van der Waals surface area contributed by atoms with Crippen molar-refractivity contribution in [1.29, 1.82) is 5.26 Å². The molecule has 2 aliphatic rings. The number of ether oxygens (including phenoxy) is 1. The van der Waals surface area contributed by atoms with Crippen molar-refractivity contribution in [2.45, 2.75) is 43.5 Å². The molecular weight excluding hydrogens is 472 g/mol. The van der Waals surface area contributed by atoms with Crippen molar-refractivity contribution in [2.24, 2.45) is 5.92 Å². The second kappa shape index (κ2) is 10.6. The molecule has 2 aromatic heterocycles. The summed E-state index contributed by atoms with van der Waals surface area (Å²) in [7, 11) is 1.59. The molecule has 0 saturated carbocycles. The molecule has 2 aliphatic heterocycles. The molecule has 0 bridgehead atoms. The number of nitrogens with zero attached hydrogens (tertiary/aromatic N) is 3. The van der Waals surface area contributed by atoms with Crippen LogP contribution in [0.3, 0.4) is 0 Å². The van der Waals surface area contributed by atoms with Gasteiger partial charge in [-0.15, -0.1) is 0 Å². The summed E-state index contributed by atoms with van der Waals surface area (Å²) in [6, 6.07) is 13.7. The molecule has 2 fully saturated rings. The van der Waals surface area contributed by atoms with Crippen molar-refractivity contribution in [3.63, 3.8) is 0 Å². The van der Waals surface area contributed by atoms with Gasteiger partial charge < -0.3 is 25.5 Å². The molecule has 2 saturated heterocycles. The molecule has 0 aliphatic carbocycles. The zero-order valence-corrected chi connectivity index (χ0v) is 20.6. The van der Waals surface area contributed by atoms with E-state index in [2.05, 4.69) is 26.7 Å². The fraction of sp³-hybridized carbons (Fsp3) is 0.407. The van der Waals surface area contributed by atoms with Gasteiger partial charge in [0.2, 0.25) is 11.8 Å². The van der Waals surface area contributed by atoms with Crippen LogP contribution >= 0.6 is 0 Å². The van der Waals surface area contributed by atoms with Gasteiger partial charge in [0.05, 0.1) is 24.9 Å². The van der Waals surface area contributed by atoms with Crippen LogP contribution in [0.1, 0.15) is 42.8 Å². The second-order valence-corrected chi connectivity index (χ2v) is 9.62. The molecule has 0 radical (unpaired) electrons. The first-order valence-corrected chi connectivity index (χ1v) is 12.5. The number of rotatable bonds is 8. The maximum Gasteiger partial charge on any atom is 0.238 e. The van der Waals surface area contributed by atoms with Crippen molar-refractivity contribution < 1.29 is 19.4 Å². The Labute approximate surface area is 214 Å². The first-order chi connectivity index (χ1) is 18.0. The average molecular weight is 503 g/mol. The van der Waals surface area contributed by atoms with Gasteiger partial charge in [0.15, 0.2) is 0 Å². The van der Waals surface area contributed by atoms with Gasteiger partial charge in [-0.25, -0.2) is 0 Å². The number of aliphatic hydroxyl groups excluding tert-OH is 1. The monoisotopic (exact) mass is 502 g/mol. The SMILES string of the molecule is COc1cccc2[nH]c(C(O)N3C[C@H](c4ccccn4)C[C@H]3C(=O)N[C@H](C#N)C[C@@H]3CCNC3=O)cc12. The van der Waals surface area contributed by atoms with Crippen molar-refractivity contribution >= 4 is 22.7 Å². The van der Waals surface area contributed by atoms with Gasteiger partial charge >= 0.3 is 0 Å². The Morgan fingerprint density at radius 3 is 2.92 bits per heavy atom. The Kier molecular flexibility index (Phi) is 7.08. The number of aliphatic hydroxyl groups is 1. The molecule has 0 spiro atoms. The van der Waals surface area contributed by atoms with E-state index in [1.807, 2.05) is 42.5 Å². The van der Waals surface area contributed by atoms with Gasteiger partial charge in [-0.2, -0.15) is 5.26 Å². The zero-order chi connectivity index (χ0) is 25.9. The van der Waals surface area contributed by atoms with Crippen LogP contribution in [0, 0.1) is 17.2 Å². The summed E-state index contributed by atoms with van der Waals surface area (Å²) >= 11 is 0. The third kappa shape index (κ3) is 5.01. The van der Waals surface area contributed by atoms with E-state index in [9.17, 15) is 20.0 Å². The number of benzene rings is 1. The predicted molar refractivity (Wildman–Crippen MR) is 135 cm³/mol. The van der Waals surface area contributed by atoms with E-state index in [0.717, 1.165) is 16.6 Å². The summed E-state index contributed by atoms with van der Waals surface area (Å²) < 4.78 is 5.45. The van der Waals surface area contributed by atoms with E-state index < -0.39 is 18.3 Å². The summed E-state index contributed by atoms with van der Waals surface area (Å²) in [5, 5.41) is 27.6. The number of likely N-dealkylation sites (tertiary alicyclic amines) is 1. The maximum absolute atomic E-state index is 13.5. The van der Waals surface area contributed by atoms with Crippen LogP contribution in [-0.4, -0.2) is 64.1 Å². The van der Waals surface area contributed by atoms with E-state index in [1.54, 1.807) is 18.2 Å². The van der Waals surface area contributed by atoms with Gasteiger partial charge in [0.25, 0.3) is 0 Å². The quantitative estimate of drug-likeness (QED) is 0.369. The molecule has 192 valence electrons. The molecule has 1 aromatic carbocycles. The number of hydrogen-bond donors (Lipinski definition) is 4. The number of carbonyl (C=O) groups is 2. The fourth-order valence-electron chi connectivity index (χ4n) is 5.43. The molecule has 2 amide bonds. The van der Waals surface area contributed by atoms with E-state index in [-0.39, 0.29) is 30.1 Å². The number of nitrogens with one attached hydrogen (secondary N) is 3. The van der Waals surface area contributed by atoms with E-state index in [4.69, 9.17) is 4.74 Å². The predicted octanol–water partition coefficient (Wildman–Crippen LogP) is 1.96. The summed E-state index contributed by atoms with van der Waals surface area (Å²) in [4.78, 5) is 35.0. The number of amides is 2. The molecule has 5 atom stereocenters. The molecule has 5 rings (SSSR count). The molecule has 37 heavy (non-hydrogen) atoms. The highest BCUT2D eigenvalue weighted by molar-refractivity contribution is 5.87. The van der Waals surface area contributed by atoms with Gasteiger partial charge in [-0.05, 0) is 49.6 Å². The number of pyridine rings is 1. The summed E-state index contributed by atoms with van der Waals surface area (Å²) in [6.07, 6.45) is 1.96. The Morgan fingerprint density at radius 2 is 2.22 bits per heavy atom. The lowest BCUT2D eigenvalue weighted by Crippen LogP contribution is -2.48. The minimum Gasteiger partial charge on any atom is -0.496 e. The van der Waals surface area contributed by atoms with Gasteiger partial charge in [0, 0.05) is 47.7 Å². The molecular formula is C27H30N6O4. The molecule has 4 heterocycles. The van der Waals surface area contributed by atoms with Crippen LogP contribution in [-0.2, 0) is 9.59 Å². The minimum atomic E-state index is -1.09. The number of aromatic nitrogens is 2. The van der Waals surface area contributed by atoms with Crippen molar-refractivity contribution in [3.8, 4) is 11.8 Å². The second-order valence-electron chi connectivity index (χ2n) is 9.62. The van der Waals surface area contributed by atoms with Crippen LogP contribution in [0.25, 0.3) is 10.9 Å². The van der Waals surface area contributed by atoms with Crippen LogP contribution < -0.4 is 15.4 Å². The molecule has 1 unspecified atom stereocenters. The standard InChI is InChI=1S/C27H30N6O4/c1-37-24-7-4-6-21-19(24)13-22(32-21)27(36)33-15-17(20-5-2-3-9-29-20)12-23(33)26(35)31-18(14-28)11-16-8-10-30-25(16)34/h2-7,9,13,16-18,23,27,32,36H,8,10-12,15H2,1H3,(H,30,34)(H,31,35)/t16-,17+,18-,23-,27?/m0/s1. The Balaban J connectivity index is 1.39. The molecule has 4 N–H and O–H groups in total. The highest BCUT2D eigenvalue weighted by Gasteiger charge is 2.42. The first kappa shape index (κ1) is 24.7. The zero-order valence-electron chi connectivity index (χ0n) is 20.6. The van der Waals surface area contributed by atoms with Crippen molar-refractivity contribution in [2.75, 3.05) is 20.2 Å². The number of fused-ring (bicyclic) bond motifs is 1. The normalized spacial score (nSPS) is 23.4. The summed E-state index contributed by atoms with van der Waals surface area (Å²) in [5.41, 5.74) is 2.19. The topological polar surface area (TPSA) is 143 Å². The highest BCUT2D eigenvalue weighted by Crippen LogP contribution is 2.37. The molecule has 10 nitrogen and oxygen atoms in total. The molecule has 3 aromatic rings. The van der Waals surface area contributed by atoms with Crippen LogP contribution in [0.5, 0.6) is 5.75 Å². The lowest BCUT2D eigenvalue weighted by atomic mass is 9.98. The van der Waals surface area contributed by atoms with E-state index >= 15 is 0 Å². The average Bonchev–Trinajstić information content (AvgIpc) is 3.66. The third-order valence-electron chi connectivity index (χ3n) is 7.36. The Bertz CT molecular complexity index is 1320. The maximum atomic E-state index is 13.5. The first-order valence-electron chi connectivity index (χ1n) is 12.5. The largest absolute Gasteiger partial charge is 0.496 e. The lowest BCUT2D eigenvalue weighted by Gasteiger charge is -2.29. The number of carbonyl (C=O) groups excluding carboxylic acids is 2. The van der Waals surface area contributed by atoms with Gasteiger partial charge in [0.1, 0.15) is 18.0 Å². The lowest BCUT2D eigenvalue weighted by molar-refractivity contribution is -0.130. The number of H-pyrrole nitrogens is 1. The third-order valence-corrected chi connectivity index (χ3v) is 7.36. The number of aromatic amines is 1. The number of nitriles is 1. The van der Waals surface area contributed by atoms with E-state index in [1.165, 1.54) is 0 Å². The smallest absolute Gasteiger partial charge is 0.238 e. The Morgan fingerprint density at radius 1 is 1.35 bits per heavy atom. The van der Waals surface area contributed by atoms with Crippen LogP contribution in [0.4, 0.5) is 0 Å². The van der Waals surface area contributed by atoms with Crippen LogP contribution in [0.15, 0.2) is 48.7 Å². The molecule has 10 heteroatoms. The van der Waals surface area contributed by atoms with Gasteiger partial charge in [-0.3, -0.25) is 19.5 Å². The Hall–Kier alpha value is -3.94. The van der Waals surface area contributed by atoms with Crippen molar-refractivity contribution in [1.82, 2.24) is 25.5 Å². The number of methoxy groups -OCH3 is 1. The van der Waals surface area contributed by atoms with E-state index in [0.29, 0.717) is 37.4 Å². The number of hydrogen-bond acceptors (Lipinski definition) is 7.